The second-order valence-electron chi connectivity index (χ2n) is 6.91. The third-order valence-corrected chi connectivity index (χ3v) is 5.01. The van der Waals surface area contributed by atoms with Crippen molar-refractivity contribution in [2.45, 2.75) is 38.3 Å². The number of hydrogen-bond donors (Lipinski definition) is 1. The van der Waals surface area contributed by atoms with Gasteiger partial charge in [0.15, 0.2) is 0 Å². The first-order valence-corrected chi connectivity index (χ1v) is 9.16. The van der Waals surface area contributed by atoms with E-state index < -0.39 is 23.6 Å². The fourth-order valence-electron chi connectivity index (χ4n) is 3.35. The van der Waals surface area contributed by atoms with E-state index in [1.165, 1.54) is 12.1 Å². The van der Waals surface area contributed by atoms with Crippen LogP contribution in [0.15, 0.2) is 42.5 Å². The van der Waals surface area contributed by atoms with E-state index in [2.05, 4.69) is 0 Å². The van der Waals surface area contributed by atoms with Crippen molar-refractivity contribution < 1.29 is 23.1 Å². The lowest BCUT2D eigenvalue weighted by Gasteiger charge is -2.35. The van der Waals surface area contributed by atoms with Gasteiger partial charge in [-0.25, -0.2) is 13.6 Å². The molecule has 2 unspecified atom stereocenters. The Morgan fingerprint density at radius 1 is 1.25 bits per heavy atom. The van der Waals surface area contributed by atoms with E-state index in [-0.39, 0.29) is 18.6 Å². The minimum absolute atomic E-state index is 0.189. The Morgan fingerprint density at radius 2 is 1.96 bits per heavy atom. The van der Waals surface area contributed by atoms with E-state index in [0.29, 0.717) is 30.5 Å². The first kappa shape index (κ1) is 19.8. The summed E-state index contributed by atoms with van der Waals surface area (Å²) in [6.45, 7) is 2.40. The molecule has 2 aromatic carbocycles. The van der Waals surface area contributed by atoms with Crippen molar-refractivity contribution in [1.29, 1.82) is 0 Å². The van der Waals surface area contributed by atoms with Crippen LogP contribution in [-0.2, 0) is 9.53 Å². The number of cyclic esters (lactones) is 1. The van der Waals surface area contributed by atoms with Gasteiger partial charge in [0.25, 0.3) is 0 Å². The number of carbonyl (C=O) groups excluding carboxylic acids is 2. The van der Waals surface area contributed by atoms with Crippen LogP contribution < -0.4 is 5.73 Å². The number of nitrogens with zero attached hydrogens (tertiary/aromatic N) is 1. The van der Waals surface area contributed by atoms with Crippen LogP contribution >= 0.6 is 0 Å². The maximum Gasteiger partial charge on any atom is 0.410 e. The molecule has 0 saturated carbocycles. The van der Waals surface area contributed by atoms with Crippen LogP contribution in [0, 0.1) is 11.6 Å². The van der Waals surface area contributed by atoms with Gasteiger partial charge in [0.05, 0.1) is 6.04 Å². The highest BCUT2D eigenvalue weighted by atomic mass is 19.1. The van der Waals surface area contributed by atoms with Gasteiger partial charge in [-0.3, -0.25) is 4.79 Å². The second-order valence-corrected chi connectivity index (χ2v) is 6.91. The van der Waals surface area contributed by atoms with Crippen LogP contribution in [0.25, 0.3) is 11.1 Å². The predicted octanol–water partition coefficient (Wildman–Crippen LogP) is 4.17. The molecule has 1 fully saturated rings. The summed E-state index contributed by atoms with van der Waals surface area (Å²) in [6, 6.07) is 10.4. The van der Waals surface area contributed by atoms with Crippen molar-refractivity contribution >= 4 is 12.0 Å². The first-order chi connectivity index (χ1) is 13.3. The zero-order chi connectivity index (χ0) is 20.3. The average molecular weight is 388 g/mol. The Labute approximate surface area is 162 Å². The molecule has 0 aliphatic carbocycles. The van der Waals surface area contributed by atoms with Crippen LogP contribution in [0.5, 0.6) is 0 Å². The quantitative estimate of drug-likeness (QED) is 0.807. The smallest absolute Gasteiger partial charge is 0.410 e. The number of hydrogen-bond acceptors (Lipinski definition) is 3. The summed E-state index contributed by atoms with van der Waals surface area (Å²) >= 11 is 0. The maximum atomic E-state index is 13.9. The molecule has 7 heteroatoms. The predicted molar refractivity (Wildman–Crippen MR) is 100 cm³/mol. The van der Waals surface area contributed by atoms with Gasteiger partial charge in [-0.15, -0.1) is 0 Å². The first-order valence-electron chi connectivity index (χ1n) is 9.16. The molecule has 0 aromatic heterocycles. The van der Waals surface area contributed by atoms with E-state index >= 15 is 0 Å². The lowest BCUT2D eigenvalue weighted by Crippen LogP contribution is -2.43. The monoisotopic (exact) mass is 388 g/mol. The summed E-state index contributed by atoms with van der Waals surface area (Å²) in [5, 5.41) is 0. The molecule has 3 rings (SSSR count). The SMILES string of the molecule is CC(c1ccc(-c2ccc(F)cc2F)cc1)N1CCC(CCC(N)=O)OC1=O. The lowest BCUT2D eigenvalue weighted by atomic mass is 9.99. The van der Waals surface area contributed by atoms with Gasteiger partial charge >= 0.3 is 6.09 Å². The highest BCUT2D eigenvalue weighted by Crippen LogP contribution is 2.29. The number of halogens is 2. The van der Waals surface area contributed by atoms with Gasteiger partial charge in [-0.05, 0) is 36.6 Å². The molecule has 2 aromatic rings. The molecular weight excluding hydrogens is 366 g/mol. The van der Waals surface area contributed by atoms with Crippen LogP contribution in [0.3, 0.4) is 0 Å². The molecule has 148 valence electrons. The van der Waals surface area contributed by atoms with Crippen molar-refractivity contribution in [2.24, 2.45) is 5.73 Å². The van der Waals surface area contributed by atoms with Crippen molar-refractivity contribution in [3.05, 3.63) is 59.7 Å². The molecule has 0 bridgehead atoms. The Bertz CT molecular complexity index is 870. The van der Waals surface area contributed by atoms with E-state index in [9.17, 15) is 18.4 Å². The van der Waals surface area contributed by atoms with Gasteiger partial charge < -0.3 is 15.4 Å². The molecule has 1 aliphatic heterocycles. The standard InChI is InChI=1S/C21H22F2N2O3/c1-13(25-11-10-17(28-21(25)27)7-9-20(24)26)14-2-4-15(5-3-14)18-8-6-16(22)12-19(18)23/h2-6,8,12-13,17H,7,9-11H2,1H3,(H2,24,26). The van der Waals surface area contributed by atoms with E-state index in [4.69, 9.17) is 10.5 Å². The van der Waals surface area contributed by atoms with Gasteiger partial charge in [0, 0.05) is 31.0 Å². The number of benzene rings is 2. The number of rotatable bonds is 6. The van der Waals surface area contributed by atoms with Crippen molar-refractivity contribution in [1.82, 2.24) is 4.90 Å². The summed E-state index contributed by atoms with van der Waals surface area (Å²) in [7, 11) is 0. The third-order valence-electron chi connectivity index (χ3n) is 5.01. The second kappa shape index (κ2) is 8.37. The minimum Gasteiger partial charge on any atom is -0.446 e. The van der Waals surface area contributed by atoms with Crippen molar-refractivity contribution in [2.75, 3.05) is 6.54 Å². The highest BCUT2D eigenvalue weighted by molar-refractivity contribution is 5.74. The zero-order valence-electron chi connectivity index (χ0n) is 15.5. The molecule has 5 nitrogen and oxygen atoms in total. The number of primary amides is 1. The number of ether oxygens (including phenoxy) is 1. The molecule has 1 aliphatic rings. The summed E-state index contributed by atoms with van der Waals surface area (Å²) in [4.78, 5) is 24.8. The molecule has 2 N–H and O–H groups in total. The number of amides is 2. The Morgan fingerprint density at radius 3 is 2.57 bits per heavy atom. The molecule has 28 heavy (non-hydrogen) atoms. The fraction of sp³-hybridized carbons (Fsp3) is 0.333. The molecule has 2 atom stereocenters. The topological polar surface area (TPSA) is 72.6 Å². The van der Waals surface area contributed by atoms with E-state index in [1.54, 1.807) is 17.0 Å². The summed E-state index contributed by atoms with van der Waals surface area (Å²) in [6.07, 6.45) is 0.521. The molecule has 1 heterocycles. The average Bonchev–Trinajstić information content (AvgIpc) is 2.66. The molecule has 2 amide bonds. The number of carbonyl (C=O) groups is 2. The van der Waals surface area contributed by atoms with Gasteiger partial charge in [0.2, 0.25) is 5.91 Å². The molecule has 0 spiro atoms. The molecule has 0 radical (unpaired) electrons. The third kappa shape index (κ3) is 4.47. The fourth-order valence-corrected chi connectivity index (χ4v) is 3.35. The molecule has 1 saturated heterocycles. The highest BCUT2D eigenvalue weighted by Gasteiger charge is 2.31. The van der Waals surface area contributed by atoms with Crippen LogP contribution in [0.2, 0.25) is 0 Å². The lowest BCUT2D eigenvalue weighted by molar-refractivity contribution is -0.118. The Balaban J connectivity index is 1.67. The molecular formula is C21H22F2N2O3. The van der Waals surface area contributed by atoms with Crippen molar-refractivity contribution in [3.8, 4) is 11.1 Å². The van der Waals surface area contributed by atoms with Crippen LogP contribution in [0.1, 0.15) is 37.8 Å². The van der Waals surface area contributed by atoms with E-state index in [0.717, 1.165) is 11.6 Å². The van der Waals surface area contributed by atoms with Gasteiger partial charge in [0.1, 0.15) is 17.7 Å². The van der Waals surface area contributed by atoms with Crippen molar-refractivity contribution in [3.63, 3.8) is 0 Å². The summed E-state index contributed by atoms with van der Waals surface area (Å²) < 4.78 is 32.4. The van der Waals surface area contributed by atoms with Crippen LogP contribution in [-0.4, -0.2) is 29.5 Å². The summed E-state index contributed by atoms with van der Waals surface area (Å²) in [5.74, 6) is -1.66. The maximum absolute atomic E-state index is 13.9. The Hall–Kier alpha value is -2.96. The summed E-state index contributed by atoms with van der Waals surface area (Å²) in [5.41, 5.74) is 6.95. The van der Waals surface area contributed by atoms with Gasteiger partial charge in [-0.2, -0.15) is 0 Å². The van der Waals surface area contributed by atoms with Crippen LogP contribution in [0.4, 0.5) is 13.6 Å². The Kier molecular flexibility index (Phi) is 5.92. The van der Waals surface area contributed by atoms with E-state index in [1.807, 2.05) is 19.1 Å². The largest absolute Gasteiger partial charge is 0.446 e. The normalized spacial score (nSPS) is 17.9. The zero-order valence-corrected chi connectivity index (χ0v) is 15.5. The minimum atomic E-state index is -0.623. The number of nitrogens with two attached hydrogens (primary N) is 1. The van der Waals surface area contributed by atoms with Gasteiger partial charge in [-0.1, -0.05) is 24.3 Å².